The van der Waals surface area contributed by atoms with Gasteiger partial charge in [-0.3, -0.25) is 4.79 Å². The number of amides is 1. The predicted molar refractivity (Wildman–Crippen MR) is 109 cm³/mol. The largest absolute Gasteiger partial charge is 0.360 e. The van der Waals surface area contributed by atoms with Crippen LogP contribution >= 0.6 is 15.9 Å². The van der Waals surface area contributed by atoms with Gasteiger partial charge < -0.3 is 9.84 Å². The average molecular weight is 470 g/mol. The van der Waals surface area contributed by atoms with Crippen LogP contribution in [0, 0.1) is 12.8 Å². The maximum Gasteiger partial charge on any atom is 0.243 e. The van der Waals surface area contributed by atoms with Gasteiger partial charge in [0.2, 0.25) is 15.9 Å². The highest BCUT2D eigenvalue weighted by atomic mass is 79.9. The Balaban J connectivity index is 1.79. The molecule has 9 heteroatoms. The van der Waals surface area contributed by atoms with Gasteiger partial charge in [-0.15, -0.1) is 0 Å². The van der Waals surface area contributed by atoms with E-state index in [4.69, 9.17) is 4.52 Å². The molecule has 1 amide bonds. The molecular weight excluding hydrogens is 446 g/mol. The number of hydrogen-bond acceptors (Lipinski definition) is 5. The first-order chi connectivity index (χ1) is 13.3. The lowest BCUT2D eigenvalue weighted by Crippen LogP contribution is -2.41. The smallest absolute Gasteiger partial charge is 0.243 e. The summed E-state index contributed by atoms with van der Waals surface area (Å²) >= 11 is 3.32. The van der Waals surface area contributed by atoms with Crippen molar-refractivity contribution in [2.45, 2.75) is 43.9 Å². The molecule has 0 spiro atoms. The van der Waals surface area contributed by atoms with Crippen LogP contribution in [-0.4, -0.2) is 36.9 Å². The van der Waals surface area contributed by atoms with Gasteiger partial charge in [-0.1, -0.05) is 40.3 Å². The number of halogens is 1. The lowest BCUT2D eigenvalue weighted by atomic mass is 9.89. The molecule has 1 saturated carbocycles. The molecule has 28 heavy (non-hydrogen) atoms. The molecule has 3 rings (SSSR count). The lowest BCUT2D eigenvalue weighted by molar-refractivity contribution is -0.116. The minimum absolute atomic E-state index is 0.177. The van der Waals surface area contributed by atoms with Gasteiger partial charge in [0.1, 0.15) is 5.76 Å². The fourth-order valence-corrected chi connectivity index (χ4v) is 5.17. The number of nitrogens with zero attached hydrogens (tertiary/aromatic N) is 2. The van der Waals surface area contributed by atoms with Crippen LogP contribution in [-0.2, 0) is 14.8 Å². The Morgan fingerprint density at radius 3 is 2.54 bits per heavy atom. The zero-order valence-corrected chi connectivity index (χ0v) is 18.1. The Kier molecular flexibility index (Phi) is 6.90. The third-order valence-electron chi connectivity index (χ3n) is 4.85. The van der Waals surface area contributed by atoms with Crippen molar-refractivity contribution in [1.82, 2.24) is 9.46 Å². The fraction of sp³-hybridized carbons (Fsp3) is 0.474. The topological polar surface area (TPSA) is 92.5 Å². The number of anilines is 1. The monoisotopic (exact) mass is 469 g/mol. The first-order valence-corrected chi connectivity index (χ1v) is 11.6. The number of hydrogen-bond donors (Lipinski definition) is 1. The number of carbonyl (C=O) groups excluding carboxylic acids is 1. The van der Waals surface area contributed by atoms with Crippen LogP contribution in [0.5, 0.6) is 0 Å². The third kappa shape index (κ3) is 5.42. The van der Waals surface area contributed by atoms with E-state index in [0.29, 0.717) is 12.3 Å². The molecule has 0 radical (unpaired) electrons. The van der Waals surface area contributed by atoms with Crippen molar-refractivity contribution in [3.05, 3.63) is 40.6 Å². The quantitative estimate of drug-likeness (QED) is 0.662. The second-order valence-corrected chi connectivity index (χ2v) is 9.98. The Labute approximate surface area is 173 Å². The van der Waals surface area contributed by atoms with E-state index in [9.17, 15) is 13.2 Å². The van der Waals surface area contributed by atoms with E-state index in [-0.39, 0.29) is 23.2 Å². The zero-order chi connectivity index (χ0) is 20.1. The molecular formula is C19H24BrN3O4S. The van der Waals surface area contributed by atoms with Gasteiger partial charge in [-0.05, 0) is 49.9 Å². The van der Waals surface area contributed by atoms with Crippen molar-refractivity contribution >= 4 is 37.7 Å². The second-order valence-electron chi connectivity index (χ2n) is 7.13. The molecule has 0 saturated heterocycles. The molecule has 1 heterocycles. The van der Waals surface area contributed by atoms with Gasteiger partial charge in [0.15, 0.2) is 5.82 Å². The maximum atomic E-state index is 13.2. The highest BCUT2D eigenvalue weighted by Gasteiger charge is 2.30. The van der Waals surface area contributed by atoms with Crippen molar-refractivity contribution in [2.24, 2.45) is 5.92 Å². The number of benzene rings is 1. The summed E-state index contributed by atoms with van der Waals surface area (Å²) in [6, 6.07) is 8.05. The van der Waals surface area contributed by atoms with Gasteiger partial charge in [0, 0.05) is 17.1 Å². The van der Waals surface area contributed by atoms with Crippen LogP contribution in [0.4, 0.5) is 5.82 Å². The summed E-state index contributed by atoms with van der Waals surface area (Å²) in [7, 11) is -3.79. The number of rotatable bonds is 7. The molecule has 7 nitrogen and oxygen atoms in total. The molecule has 152 valence electrons. The summed E-state index contributed by atoms with van der Waals surface area (Å²) in [4.78, 5) is 12.7. The van der Waals surface area contributed by atoms with Crippen molar-refractivity contribution in [3.8, 4) is 0 Å². The SMILES string of the molecule is Cc1cc(NC(=O)CN(CC2CCCCC2)S(=O)(=O)c2ccc(Br)cc2)no1. The molecule has 1 fully saturated rings. The molecule has 0 unspecified atom stereocenters. The van der Waals surface area contributed by atoms with Crippen LogP contribution in [0.2, 0.25) is 0 Å². The molecule has 0 aliphatic heterocycles. The van der Waals surface area contributed by atoms with Crippen LogP contribution in [0.25, 0.3) is 0 Å². The second kappa shape index (κ2) is 9.19. The van der Waals surface area contributed by atoms with E-state index in [1.54, 1.807) is 37.3 Å². The number of aromatic nitrogens is 1. The lowest BCUT2D eigenvalue weighted by Gasteiger charge is -2.28. The maximum absolute atomic E-state index is 13.2. The van der Waals surface area contributed by atoms with E-state index >= 15 is 0 Å². The first-order valence-electron chi connectivity index (χ1n) is 9.33. The molecule has 1 aliphatic rings. The van der Waals surface area contributed by atoms with Crippen molar-refractivity contribution in [1.29, 1.82) is 0 Å². The van der Waals surface area contributed by atoms with Crippen LogP contribution < -0.4 is 5.32 Å². The predicted octanol–water partition coefficient (Wildman–Crippen LogP) is 3.96. The molecule has 0 bridgehead atoms. The Morgan fingerprint density at radius 1 is 1.25 bits per heavy atom. The van der Waals surface area contributed by atoms with Crippen LogP contribution in [0.3, 0.4) is 0 Å². The number of sulfonamides is 1. The fourth-order valence-electron chi connectivity index (χ4n) is 3.43. The van der Waals surface area contributed by atoms with E-state index in [1.807, 2.05) is 0 Å². The van der Waals surface area contributed by atoms with E-state index < -0.39 is 15.9 Å². The van der Waals surface area contributed by atoms with Gasteiger partial charge >= 0.3 is 0 Å². The van der Waals surface area contributed by atoms with Crippen molar-refractivity contribution in [2.75, 3.05) is 18.4 Å². The summed E-state index contributed by atoms with van der Waals surface area (Å²) < 4.78 is 33.4. The zero-order valence-electron chi connectivity index (χ0n) is 15.7. The van der Waals surface area contributed by atoms with Gasteiger partial charge in [0.25, 0.3) is 0 Å². The van der Waals surface area contributed by atoms with Crippen molar-refractivity contribution in [3.63, 3.8) is 0 Å². The highest BCUT2D eigenvalue weighted by Crippen LogP contribution is 2.27. The molecule has 1 N–H and O–H groups in total. The Hall–Kier alpha value is -1.71. The van der Waals surface area contributed by atoms with E-state index in [0.717, 1.165) is 30.2 Å². The van der Waals surface area contributed by atoms with Crippen molar-refractivity contribution < 1.29 is 17.7 Å². The molecule has 1 aromatic carbocycles. The summed E-state index contributed by atoms with van der Waals surface area (Å²) in [5.41, 5.74) is 0. The minimum Gasteiger partial charge on any atom is -0.360 e. The minimum atomic E-state index is -3.79. The molecule has 2 aromatic rings. The third-order valence-corrected chi connectivity index (χ3v) is 7.21. The normalized spacial score (nSPS) is 15.7. The first kappa shape index (κ1) is 21.0. The van der Waals surface area contributed by atoms with Crippen LogP contribution in [0.15, 0.2) is 44.2 Å². The Morgan fingerprint density at radius 2 is 1.93 bits per heavy atom. The summed E-state index contributed by atoms with van der Waals surface area (Å²) in [5, 5.41) is 6.33. The van der Waals surface area contributed by atoms with Crippen LogP contribution in [0.1, 0.15) is 37.9 Å². The standard InChI is InChI=1S/C19H24BrN3O4S/c1-14-11-18(22-27-14)21-19(24)13-23(12-15-5-3-2-4-6-15)28(25,26)17-9-7-16(20)8-10-17/h7-11,15H,2-6,12-13H2,1H3,(H,21,22,24). The van der Waals surface area contributed by atoms with E-state index in [2.05, 4.69) is 26.4 Å². The average Bonchev–Trinajstić information content (AvgIpc) is 3.07. The van der Waals surface area contributed by atoms with Gasteiger partial charge in [-0.2, -0.15) is 4.31 Å². The number of aryl methyl sites for hydroxylation is 1. The van der Waals surface area contributed by atoms with E-state index in [1.165, 1.54) is 10.7 Å². The highest BCUT2D eigenvalue weighted by molar-refractivity contribution is 9.10. The molecule has 0 atom stereocenters. The summed E-state index contributed by atoms with van der Waals surface area (Å²) in [6.07, 6.45) is 5.34. The number of carbonyl (C=O) groups is 1. The Bertz CT molecular complexity index is 906. The van der Waals surface area contributed by atoms with Gasteiger partial charge in [-0.25, -0.2) is 8.42 Å². The number of nitrogens with one attached hydrogen (secondary N) is 1. The molecule has 1 aliphatic carbocycles. The summed E-state index contributed by atoms with van der Waals surface area (Å²) in [5.74, 6) is 0.670. The van der Waals surface area contributed by atoms with Gasteiger partial charge in [0.05, 0.1) is 11.4 Å². The molecule has 1 aromatic heterocycles. The summed E-state index contributed by atoms with van der Waals surface area (Å²) in [6.45, 7) is 1.79.